The van der Waals surface area contributed by atoms with Gasteiger partial charge >= 0.3 is 0 Å². The quantitative estimate of drug-likeness (QED) is 0.749. The Balaban J connectivity index is 2.82. The number of likely N-dealkylation sites (N-methyl/N-ethyl adjacent to an activating group) is 1. The van der Waals surface area contributed by atoms with E-state index in [4.69, 9.17) is 4.74 Å². The molecule has 1 N–H and O–H groups in total. The molecular formula is C16H28FN3O. The molecule has 0 atom stereocenters. The van der Waals surface area contributed by atoms with Gasteiger partial charge < -0.3 is 15.0 Å². The fourth-order valence-corrected chi connectivity index (χ4v) is 1.92. The summed E-state index contributed by atoms with van der Waals surface area (Å²) < 4.78 is 20.0. The van der Waals surface area contributed by atoms with Gasteiger partial charge in [-0.1, -0.05) is 0 Å². The van der Waals surface area contributed by atoms with Gasteiger partial charge in [-0.15, -0.1) is 0 Å². The molecule has 120 valence electrons. The van der Waals surface area contributed by atoms with E-state index in [1.54, 1.807) is 12.3 Å². The predicted molar refractivity (Wildman–Crippen MR) is 85.2 cm³/mol. The number of rotatable bonds is 8. The molecular weight excluding hydrogens is 269 g/mol. The summed E-state index contributed by atoms with van der Waals surface area (Å²) in [4.78, 5) is 6.11. The number of halogens is 1. The van der Waals surface area contributed by atoms with Gasteiger partial charge in [-0.3, -0.25) is 0 Å². The maximum atomic E-state index is 14.6. The summed E-state index contributed by atoms with van der Waals surface area (Å²) in [5.74, 6) is 0.165. The number of nitrogens with one attached hydrogen (secondary N) is 1. The number of hydrogen-bond donors (Lipinski definition) is 1. The third-order valence-corrected chi connectivity index (χ3v) is 3.15. The zero-order valence-electron chi connectivity index (χ0n) is 13.9. The van der Waals surface area contributed by atoms with Crippen LogP contribution in [0, 0.1) is 5.82 Å². The van der Waals surface area contributed by atoms with Crippen molar-refractivity contribution in [2.75, 3.05) is 31.2 Å². The van der Waals surface area contributed by atoms with Gasteiger partial charge in [0.25, 0.3) is 0 Å². The van der Waals surface area contributed by atoms with E-state index in [-0.39, 0.29) is 11.4 Å². The lowest BCUT2D eigenvalue weighted by Gasteiger charge is -2.24. The van der Waals surface area contributed by atoms with E-state index < -0.39 is 0 Å². The van der Waals surface area contributed by atoms with Crippen molar-refractivity contribution < 1.29 is 9.13 Å². The van der Waals surface area contributed by atoms with Crippen molar-refractivity contribution in [2.24, 2.45) is 0 Å². The minimum Gasteiger partial charge on any atom is -0.380 e. The molecule has 0 bridgehead atoms. The lowest BCUT2D eigenvalue weighted by atomic mass is 10.1. The van der Waals surface area contributed by atoms with Crippen molar-refractivity contribution in [3.05, 3.63) is 23.6 Å². The maximum absolute atomic E-state index is 14.6. The number of nitrogens with zero attached hydrogens (tertiary/aromatic N) is 2. The zero-order valence-corrected chi connectivity index (χ0v) is 13.9. The van der Waals surface area contributed by atoms with Crippen LogP contribution < -0.4 is 10.2 Å². The van der Waals surface area contributed by atoms with Gasteiger partial charge in [-0.2, -0.15) is 0 Å². The van der Waals surface area contributed by atoms with E-state index in [1.165, 1.54) is 0 Å². The molecule has 0 saturated heterocycles. The van der Waals surface area contributed by atoms with Crippen LogP contribution in [0.5, 0.6) is 0 Å². The van der Waals surface area contributed by atoms with Crippen LogP contribution in [0.3, 0.4) is 0 Å². The Morgan fingerprint density at radius 2 is 2.05 bits per heavy atom. The van der Waals surface area contributed by atoms with Crippen molar-refractivity contribution in [1.82, 2.24) is 10.3 Å². The Hall–Kier alpha value is -1.20. The first-order valence-electron chi connectivity index (χ1n) is 7.60. The topological polar surface area (TPSA) is 37.4 Å². The second-order valence-electron chi connectivity index (χ2n) is 5.99. The second-order valence-corrected chi connectivity index (χ2v) is 5.99. The largest absolute Gasteiger partial charge is 0.380 e. The van der Waals surface area contributed by atoms with Crippen LogP contribution in [-0.4, -0.2) is 36.8 Å². The smallest absolute Gasteiger partial charge is 0.170 e. The second kappa shape index (κ2) is 8.29. The fourth-order valence-electron chi connectivity index (χ4n) is 1.92. The molecule has 0 unspecified atom stereocenters. The first kappa shape index (κ1) is 17.9. The highest BCUT2D eigenvalue weighted by Crippen LogP contribution is 2.19. The number of anilines is 1. The van der Waals surface area contributed by atoms with Crippen molar-refractivity contribution in [3.63, 3.8) is 0 Å². The Morgan fingerprint density at radius 3 is 2.62 bits per heavy atom. The summed E-state index contributed by atoms with van der Waals surface area (Å²) in [5.41, 5.74) is 0.597. The van der Waals surface area contributed by atoms with Gasteiger partial charge in [0.2, 0.25) is 0 Å². The Labute approximate surface area is 127 Å². The van der Waals surface area contributed by atoms with Gasteiger partial charge in [-0.25, -0.2) is 9.37 Å². The molecule has 1 rings (SSSR count). The normalized spacial score (nSPS) is 11.7. The van der Waals surface area contributed by atoms with E-state index in [9.17, 15) is 4.39 Å². The highest BCUT2D eigenvalue weighted by molar-refractivity contribution is 5.43. The van der Waals surface area contributed by atoms with Gasteiger partial charge in [0, 0.05) is 43.5 Å². The average Bonchev–Trinajstić information content (AvgIpc) is 2.42. The number of hydrogen-bond acceptors (Lipinski definition) is 4. The van der Waals surface area contributed by atoms with Crippen LogP contribution >= 0.6 is 0 Å². The van der Waals surface area contributed by atoms with Gasteiger partial charge in [-0.05, 0) is 40.7 Å². The van der Waals surface area contributed by atoms with E-state index in [0.29, 0.717) is 44.2 Å². The van der Waals surface area contributed by atoms with E-state index in [2.05, 4.69) is 31.1 Å². The predicted octanol–water partition coefficient (Wildman–Crippen LogP) is 2.97. The molecule has 0 fully saturated rings. The highest BCUT2D eigenvalue weighted by atomic mass is 19.1. The van der Waals surface area contributed by atoms with Gasteiger partial charge in [0.05, 0.1) is 6.61 Å². The Morgan fingerprint density at radius 1 is 1.33 bits per heavy atom. The summed E-state index contributed by atoms with van der Waals surface area (Å²) in [6.45, 7) is 13.2. The van der Waals surface area contributed by atoms with Crippen molar-refractivity contribution >= 4 is 5.82 Å². The molecule has 0 aliphatic rings. The highest BCUT2D eigenvalue weighted by Gasteiger charge is 2.16. The molecule has 0 spiro atoms. The summed E-state index contributed by atoms with van der Waals surface area (Å²) in [6, 6.07) is 1.73. The molecule has 1 heterocycles. The molecule has 4 nitrogen and oxygen atoms in total. The van der Waals surface area contributed by atoms with Crippen LogP contribution in [0.4, 0.5) is 10.2 Å². The first-order chi connectivity index (χ1) is 9.89. The first-order valence-corrected chi connectivity index (χ1v) is 7.60. The number of pyridine rings is 1. The molecule has 21 heavy (non-hydrogen) atoms. The summed E-state index contributed by atoms with van der Waals surface area (Å²) in [6.07, 6.45) is 1.67. The molecule has 0 aliphatic heterocycles. The lowest BCUT2D eigenvalue weighted by Crippen LogP contribution is -2.35. The summed E-state index contributed by atoms with van der Waals surface area (Å²) >= 11 is 0. The van der Waals surface area contributed by atoms with Crippen LogP contribution in [0.15, 0.2) is 12.3 Å². The van der Waals surface area contributed by atoms with E-state index in [1.807, 2.05) is 18.7 Å². The van der Waals surface area contributed by atoms with Crippen LogP contribution in [0.2, 0.25) is 0 Å². The monoisotopic (exact) mass is 297 g/mol. The number of aromatic nitrogens is 1. The third-order valence-electron chi connectivity index (χ3n) is 3.15. The molecule has 1 aromatic heterocycles. The standard InChI is InChI=1S/C16H28FN3O/c1-6-20(10-11-21-7-2)15-14(17)13(8-9-18-15)12-19-16(3,4)5/h8-9,19H,6-7,10-12H2,1-5H3. The summed E-state index contributed by atoms with van der Waals surface area (Å²) in [5, 5.41) is 3.30. The van der Waals surface area contributed by atoms with Crippen LogP contribution in [0.25, 0.3) is 0 Å². The molecule has 0 aromatic carbocycles. The van der Waals surface area contributed by atoms with Crippen molar-refractivity contribution in [2.45, 2.75) is 46.7 Å². The lowest BCUT2D eigenvalue weighted by molar-refractivity contribution is 0.153. The molecule has 5 heteroatoms. The summed E-state index contributed by atoms with van der Waals surface area (Å²) in [7, 11) is 0. The van der Waals surface area contributed by atoms with Gasteiger partial charge in [0.1, 0.15) is 0 Å². The fraction of sp³-hybridized carbons (Fsp3) is 0.688. The maximum Gasteiger partial charge on any atom is 0.170 e. The average molecular weight is 297 g/mol. The van der Waals surface area contributed by atoms with Crippen LogP contribution in [-0.2, 0) is 11.3 Å². The zero-order chi connectivity index (χ0) is 15.9. The third kappa shape index (κ3) is 5.98. The van der Waals surface area contributed by atoms with Gasteiger partial charge in [0.15, 0.2) is 11.6 Å². The molecule has 0 amide bonds. The van der Waals surface area contributed by atoms with Crippen molar-refractivity contribution in [3.8, 4) is 0 Å². The van der Waals surface area contributed by atoms with Crippen molar-refractivity contribution in [1.29, 1.82) is 0 Å². The minimum absolute atomic E-state index is 0.0463. The molecule has 1 aromatic rings. The van der Waals surface area contributed by atoms with E-state index >= 15 is 0 Å². The molecule has 0 aliphatic carbocycles. The minimum atomic E-state index is -0.243. The number of ether oxygens (including phenoxy) is 1. The SMILES string of the molecule is CCOCCN(CC)c1nccc(CNC(C)(C)C)c1F. The van der Waals surface area contributed by atoms with Crippen LogP contribution in [0.1, 0.15) is 40.2 Å². The Bertz CT molecular complexity index is 432. The van der Waals surface area contributed by atoms with E-state index in [0.717, 1.165) is 0 Å². The molecule has 0 radical (unpaired) electrons. The Kier molecular flexibility index (Phi) is 7.05. The molecule has 0 saturated carbocycles.